The molecule has 4 atom stereocenters. The summed E-state index contributed by atoms with van der Waals surface area (Å²) in [5.41, 5.74) is 23.8. The lowest BCUT2D eigenvalue weighted by molar-refractivity contribution is -0.141. The van der Waals surface area contributed by atoms with E-state index in [2.05, 4.69) is 40.3 Å². The van der Waals surface area contributed by atoms with Gasteiger partial charge in [0, 0.05) is 43.2 Å². The third-order valence-electron chi connectivity index (χ3n) is 10.8. The van der Waals surface area contributed by atoms with Gasteiger partial charge in [0.05, 0.1) is 6.07 Å². The van der Waals surface area contributed by atoms with E-state index in [0.717, 1.165) is 17.5 Å². The third-order valence-corrected chi connectivity index (χ3v) is 10.8. The van der Waals surface area contributed by atoms with Crippen LogP contribution in [0.25, 0.3) is 22.3 Å². The number of nitrogens with one attached hydrogen (secondary N) is 4. The van der Waals surface area contributed by atoms with E-state index in [1.54, 1.807) is 42.5 Å². The highest BCUT2D eigenvalue weighted by Crippen LogP contribution is 2.40. The molecule has 0 saturated heterocycles. The van der Waals surface area contributed by atoms with Crippen molar-refractivity contribution in [1.29, 1.82) is 5.26 Å². The number of benzene rings is 4. The van der Waals surface area contributed by atoms with Crippen LogP contribution in [0.1, 0.15) is 58.9 Å². The Morgan fingerprint density at radius 1 is 0.857 bits per heavy atom. The van der Waals surface area contributed by atoms with Gasteiger partial charge in [-0.1, -0.05) is 55.5 Å². The quantitative estimate of drug-likeness (QED) is 0.0806. The first-order valence-electron chi connectivity index (χ1n) is 21.0. The molecule has 1 heterocycles. The van der Waals surface area contributed by atoms with Crippen molar-refractivity contribution >= 4 is 29.5 Å². The van der Waals surface area contributed by atoms with Gasteiger partial charge in [-0.3, -0.25) is 24.0 Å². The number of amides is 5. The lowest BCUT2D eigenvalue weighted by Crippen LogP contribution is -2.56. The van der Waals surface area contributed by atoms with E-state index < -0.39 is 53.7 Å². The van der Waals surface area contributed by atoms with E-state index in [-0.39, 0.29) is 52.2 Å². The lowest BCUT2D eigenvalue weighted by atomic mass is 9.93. The van der Waals surface area contributed by atoms with Crippen LogP contribution in [0.15, 0.2) is 78.9 Å². The molecule has 1 aliphatic rings. The second-order valence-electron chi connectivity index (χ2n) is 15.3. The summed E-state index contributed by atoms with van der Waals surface area (Å²) in [4.78, 5) is 71.3. The van der Waals surface area contributed by atoms with Crippen LogP contribution >= 0.6 is 0 Å². The Bertz CT molecular complexity index is 2330. The predicted octanol–water partition coefficient (Wildman–Crippen LogP) is 2.40. The molecule has 63 heavy (non-hydrogen) atoms. The molecule has 0 aromatic heterocycles. The first kappa shape index (κ1) is 47.3. The van der Waals surface area contributed by atoms with Gasteiger partial charge in [0.1, 0.15) is 55.4 Å². The van der Waals surface area contributed by atoms with Crippen LogP contribution in [0.3, 0.4) is 0 Å². The summed E-state index contributed by atoms with van der Waals surface area (Å²) in [5.74, 6) is -2.36. The maximum atomic E-state index is 14.6. The molecule has 0 spiro atoms. The zero-order valence-corrected chi connectivity index (χ0v) is 36.2. The van der Waals surface area contributed by atoms with Crippen molar-refractivity contribution < 1.29 is 33.4 Å². The fraction of sp³-hybridized carbons (Fsp3) is 0.362. The van der Waals surface area contributed by atoms with Gasteiger partial charge in [0.15, 0.2) is 0 Å². The molecule has 16 heteroatoms. The average Bonchev–Trinajstić information content (AvgIpc) is 3.28. The third kappa shape index (κ3) is 11.8. The number of hydrogen-bond donors (Lipinski definition) is 7. The Balaban J connectivity index is 1.57. The molecule has 0 unspecified atom stereocenters. The molecule has 4 aromatic rings. The Hall–Kier alpha value is -6.80. The van der Waals surface area contributed by atoms with E-state index in [9.17, 15) is 24.0 Å². The number of carbonyl (C=O) groups excluding carboxylic acids is 5. The Labute approximate surface area is 367 Å². The minimum atomic E-state index is -1.37. The fourth-order valence-electron chi connectivity index (χ4n) is 7.40. The minimum Gasteiger partial charge on any atom is -0.492 e. The monoisotopic (exact) mass is 859 g/mol. The lowest BCUT2D eigenvalue weighted by Gasteiger charge is -2.32. The molecule has 1 aliphatic heterocycles. The number of nitrogens with two attached hydrogens (primary N) is 3. The number of rotatable bonds is 16. The molecule has 0 aliphatic carbocycles. The fourth-order valence-corrected chi connectivity index (χ4v) is 7.40. The van der Waals surface area contributed by atoms with Crippen LogP contribution in [-0.2, 0) is 32.0 Å². The number of hydrogen-bond acceptors (Lipinski definition) is 11. The number of carbonyl (C=O) groups is 5. The van der Waals surface area contributed by atoms with Crippen LogP contribution in [0, 0.1) is 18.3 Å². The van der Waals surface area contributed by atoms with Crippen LogP contribution in [0.5, 0.6) is 11.5 Å². The number of likely N-dealkylation sites (N-methyl/N-ethyl adjacent to an activating group) is 1. The highest BCUT2D eigenvalue weighted by atomic mass is 16.5. The zero-order valence-electron chi connectivity index (χ0n) is 36.2. The first-order valence-corrected chi connectivity index (χ1v) is 21.0. The Kier molecular flexibility index (Phi) is 16.8. The van der Waals surface area contributed by atoms with E-state index in [1.807, 2.05) is 37.3 Å². The number of aryl methyl sites for hydroxylation is 2. The summed E-state index contributed by atoms with van der Waals surface area (Å²) in [5, 5.41) is 19.9. The summed E-state index contributed by atoms with van der Waals surface area (Å²) in [6.45, 7) is 5.81. The molecule has 0 fully saturated rings. The van der Waals surface area contributed by atoms with Crippen LogP contribution in [0.2, 0.25) is 0 Å². The maximum Gasteiger partial charge on any atom is 0.252 e. The highest BCUT2D eigenvalue weighted by Gasteiger charge is 2.36. The molecule has 10 N–H and O–H groups in total. The van der Waals surface area contributed by atoms with Gasteiger partial charge in [-0.15, -0.1) is 0 Å². The molecule has 5 rings (SSSR count). The van der Waals surface area contributed by atoms with E-state index in [1.165, 1.54) is 24.4 Å². The molecule has 16 nitrogen and oxygen atoms in total. The summed E-state index contributed by atoms with van der Waals surface area (Å²) in [7, 11) is 1.43. The highest BCUT2D eigenvalue weighted by molar-refractivity contribution is 6.00. The number of nitriles is 1. The second-order valence-corrected chi connectivity index (χ2v) is 15.3. The molecule has 4 bridgehead atoms. The second kappa shape index (κ2) is 22.3. The average molecular weight is 860 g/mol. The zero-order chi connectivity index (χ0) is 45.6. The van der Waals surface area contributed by atoms with Gasteiger partial charge in [-0.25, -0.2) is 0 Å². The van der Waals surface area contributed by atoms with Crippen molar-refractivity contribution in [3.63, 3.8) is 0 Å². The van der Waals surface area contributed by atoms with Crippen LogP contribution < -0.4 is 47.9 Å². The van der Waals surface area contributed by atoms with Crippen molar-refractivity contribution in [3.05, 3.63) is 107 Å². The molecular weight excluding hydrogens is 803 g/mol. The van der Waals surface area contributed by atoms with Gasteiger partial charge in [0.25, 0.3) is 5.91 Å². The maximum absolute atomic E-state index is 14.6. The van der Waals surface area contributed by atoms with Crippen LogP contribution in [-0.4, -0.2) is 99.0 Å². The van der Waals surface area contributed by atoms with Gasteiger partial charge >= 0.3 is 0 Å². The van der Waals surface area contributed by atoms with Gasteiger partial charge in [-0.2, -0.15) is 5.26 Å². The van der Waals surface area contributed by atoms with Crippen molar-refractivity contribution in [2.75, 3.05) is 46.4 Å². The van der Waals surface area contributed by atoms with Crippen LogP contribution in [0.4, 0.5) is 0 Å². The molecule has 4 aromatic carbocycles. The van der Waals surface area contributed by atoms with E-state index in [4.69, 9.17) is 31.9 Å². The number of fused-ring (bicyclic) bond motifs is 5. The molecular formula is C47H57N9O7. The SMILES string of the molecule is CCc1ccc(-c2ccc(C(=O)N[C@@H](CCN)C(=O)N(C)[C@@H]3C(=O)N[C@@H](C)C(=O)N[C@H](C(=O)NCC#N)Cc4ccc(OCCN)c(c4)-c4cc3ccc4OCCN)c(C)c2)cc1. The predicted molar refractivity (Wildman–Crippen MR) is 239 cm³/mol. The van der Waals surface area contributed by atoms with Gasteiger partial charge in [0.2, 0.25) is 23.6 Å². The van der Waals surface area contributed by atoms with Crippen molar-refractivity contribution in [3.8, 4) is 39.8 Å². The van der Waals surface area contributed by atoms with Gasteiger partial charge < -0.3 is 52.8 Å². The van der Waals surface area contributed by atoms with Crippen molar-refractivity contribution in [2.24, 2.45) is 17.2 Å². The number of ether oxygens (including phenoxy) is 2. The number of nitrogens with zero attached hydrogens (tertiary/aromatic N) is 2. The standard InChI is InChI=1S/C47H57N9O7/c1-5-30-6-9-32(10-7-30)33-11-13-35(28(2)24-33)44(58)54-38(16-17-48)47(61)56(4)42-34-12-15-41(63-23-20-51)37(27-34)36-25-31(8-14-40(36)62-22-19-50)26-39(45(59)52-21-18-49)55-43(57)29(3)53-46(42)60/h6-15,24-25,27,29,38-39,42H,5,16-17,19-23,26,48,50-51H2,1-4H3,(H,52,59)(H,53,60)(H,54,58)(H,55,57)/t29-,38-,39-,42-/m0/s1. The van der Waals surface area contributed by atoms with E-state index in [0.29, 0.717) is 44.9 Å². The largest absolute Gasteiger partial charge is 0.492 e. The summed E-state index contributed by atoms with van der Waals surface area (Å²) in [6.07, 6.45) is 0.976. The normalized spacial score (nSPS) is 16.6. The van der Waals surface area contributed by atoms with Gasteiger partial charge in [-0.05, 0) is 96.9 Å². The topological polar surface area (TPSA) is 257 Å². The molecule has 0 radical (unpaired) electrons. The Morgan fingerprint density at radius 3 is 2.13 bits per heavy atom. The first-order chi connectivity index (χ1) is 30.3. The summed E-state index contributed by atoms with van der Waals surface area (Å²) < 4.78 is 12.2. The minimum absolute atomic E-state index is 0.0111. The molecule has 0 saturated carbocycles. The van der Waals surface area contributed by atoms with E-state index >= 15 is 0 Å². The molecule has 332 valence electrons. The summed E-state index contributed by atoms with van der Waals surface area (Å²) in [6, 6.07) is 20.9. The van der Waals surface area contributed by atoms with Crippen molar-refractivity contribution in [2.45, 2.75) is 64.2 Å². The molecule has 5 amide bonds. The summed E-state index contributed by atoms with van der Waals surface area (Å²) >= 11 is 0. The smallest absolute Gasteiger partial charge is 0.252 e. The Morgan fingerprint density at radius 2 is 1.51 bits per heavy atom. The van der Waals surface area contributed by atoms with Crippen molar-refractivity contribution in [1.82, 2.24) is 26.2 Å².